The third kappa shape index (κ3) is 4.82. The standard InChI is InChI=1S/C19H23NO4S/c1-5-14-6-8-15(9-7-14)24-11-10-16(21)20-18-17(19(22)23-4)12(2)13(3)25-18/h6-9H,5,10-11H2,1-4H3,(H,20,21). The lowest BCUT2D eigenvalue weighted by Gasteiger charge is -2.08. The van der Waals surface area contributed by atoms with Crippen molar-refractivity contribution in [2.45, 2.75) is 33.6 Å². The summed E-state index contributed by atoms with van der Waals surface area (Å²) in [7, 11) is 1.33. The molecule has 0 atom stereocenters. The minimum absolute atomic E-state index is 0.198. The molecule has 0 unspecified atom stereocenters. The van der Waals surface area contributed by atoms with E-state index in [1.807, 2.05) is 38.1 Å². The van der Waals surface area contributed by atoms with Gasteiger partial charge >= 0.3 is 5.97 Å². The van der Waals surface area contributed by atoms with Crippen LogP contribution in [-0.2, 0) is 16.0 Å². The minimum Gasteiger partial charge on any atom is -0.493 e. The Morgan fingerprint density at radius 3 is 2.44 bits per heavy atom. The summed E-state index contributed by atoms with van der Waals surface area (Å²) in [4.78, 5) is 25.0. The van der Waals surface area contributed by atoms with Crippen molar-refractivity contribution in [2.24, 2.45) is 0 Å². The molecule has 0 saturated heterocycles. The SMILES string of the molecule is CCc1ccc(OCCC(=O)Nc2sc(C)c(C)c2C(=O)OC)cc1. The van der Waals surface area contributed by atoms with Crippen molar-refractivity contribution in [1.29, 1.82) is 0 Å². The predicted molar refractivity (Wildman–Crippen MR) is 99.7 cm³/mol. The zero-order valence-corrected chi connectivity index (χ0v) is 15.8. The van der Waals surface area contributed by atoms with Crippen molar-refractivity contribution in [3.63, 3.8) is 0 Å². The van der Waals surface area contributed by atoms with E-state index in [9.17, 15) is 9.59 Å². The fourth-order valence-corrected chi connectivity index (χ4v) is 3.40. The maximum atomic E-state index is 12.2. The summed E-state index contributed by atoms with van der Waals surface area (Å²) < 4.78 is 10.4. The Morgan fingerprint density at radius 2 is 1.84 bits per heavy atom. The molecule has 134 valence electrons. The first-order valence-corrected chi connectivity index (χ1v) is 8.97. The van der Waals surface area contributed by atoms with Gasteiger partial charge in [-0.25, -0.2) is 4.79 Å². The Kier molecular flexibility index (Phi) is 6.58. The highest BCUT2D eigenvalue weighted by atomic mass is 32.1. The number of hydrogen-bond acceptors (Lipinski definition) is 5. The van der Waals surface area contributed by atoms with Crippen LogP contribution in [0.15, 0.2) is 24.3 Å². The van der Waals surface area contributed by atoms with E-state index in [2.05, 4.69) is 12.2 Å². The quantitative estimate of drug-likeness (QED) is 0.754. The zero-order valence-electron chi connectivity index (χ0n) is 15.0. The summed E-state index contributed by atoms with van der Waals surface area (Å²) in [6.07, 6.45) is 1.18. The number of anilines is 1. The third-order valence-electron chi connectivity index (χ3n) is 3.96. The Labute approximate surface area is 152 Å². The molecule has 25 heavy (non-hydrogen) atoms. The number of nitrogens with one attached hydrogen (secondary N) is 1. The van der Waals surface area contributed by atoms with Gasteiger partial charge in [0.25, 0.3) is 0 Å². The van der Waals surface area contributed by atoms with Crippen LogP contribution in [0.5, 0.6) is 5.75 Å². The van der Waals surface area contributed by atoms with Crippen LogP contribution in [0.2, 0.25) is 0 Å². The monoisotopic (exact) mass is 361 g/mol. The van der Waals surface area contributed by atoms with E-state index in [0.717, 1.165) is 22.6 Å². The van der Waals surface area contributed by atoms with E-state index in [-0.39, 0.29) is 18.9 Å². The minimum atomic E-state index is -0.440. The molecule has 1 N–H and O–H groups in total. The van der Waals surface area contributed by atoms with Crippen LogP contribution in [0.25, 0.3) is 0 Å². The molecule has 1 amide bonds. The summed E-state index contributed by atoms with van der Waals surface area (Å²) in [6, 6.07) is 7.82. The molecule has 1 aromatic heterocycles. The maximum Gasteiger partial charge on any atom is 0.341 e. The second-order valence-corrected chi connectivity index (χ2v) is 6.85. The van der Waals surface area contributed by atoms with Crippen LogP contribution in [0, 0.1) is 13.8 Å². The summed E-state index contributed by atoms with van der Waals surface area (Å²) in [5.41, 5.74) is 2.50. The molecule has 0 bridgehead atoms. The largest absolute Gasteiger partial charge is 0.493 e. The number of amides is 1. The molecule has 1 aromatic carbocycles. The van der Waals surface area contributed by atoms with Crippen LogP contribution >= 0.6 is 11.3 Å². The van der Waals surface area contributed by atoms with Gasteiger partial charge in [-0.2, -0.15) is 0 Å². The van der Waals surface area contributed by atoms with E-state index < -0.39 is 5.97 Å². The first-order valence-electron chi connectivity index (χ1n) is 8.16. The van der Waals surface area contributed by atoms with Gasteiger partial charge in [0, 0.05) is 4.88 Å². The number of benzene rings is 1. The lowest BCUT2D eigenvalue weighted by atomic mass is 10.1. The molecule has 0 spiro atoms. The van der Waals surface area contributed by atoms with Gasteiger partial charge in [-0.1, -0.05) is 19.1 Å². The lowest BCUT2D eigenvalue weighted by molar-refractivity contribution is -0.116. The second kappa shape index (κ2) is 8.67. The zero-order chi connectivity index (χ0) is 18.4. The fourth-order valence-electron chi connectivity index (χ4n) is 2.33. The van der Waals surface area contributed by atoms with Gasteiger partial charge in [0.2, 0.25) is 5.91 Å². The molecule has 0 aliphatic heterocycles. The second-order valence-electron chi connectivity index (χ2n) is 5.62. The number of esters is 1. The maximum absolute atomic E-state index is 12.2. The summed E-state index contributed by atoms with van der Waals surface area (Å²) in [5.74, 6) is 0.101. The first-order chi connectivity index (χ1) is 12.0. The van der Waals surface area contributed by atoms with Crippen LogP contribution in [0.3, 0.4) is 0 Å². The van der Waals surface area contributed by atoms with Crippen LogP contribution in [0.4, 0.5) is 5.00 Å². The molecule has 0 aliphatic carbocycles. The molecule has 5 nitrogen and oxygen atoms in total. The Bertz CT molecular complexity index is 750. The van der Waals surface area contributed by atoms with Gasteiger partial charge in [0.1, 0.15) is 10.8 Å². The highest BCUT2D eigenvalue weighted by Gasteiger charge is 2.21. The number of methoxy groups -OCH3 is 1. The molecule has 0 saturated carbocycles. The fraction of sp³-hybridized carbons (Fsp3) is 0.368. The highest BCUT2D eigenvalue weighted by Crippen LogP contribution is 2.33. The Hall–Kier alpha value is -2.34. The molecule has 0 radical (unpaired) electrons. The molecule has 2 aromatic rings. The molecule has 0 aliphatic rings. The average Bonchev–Trinajstić information content (AvgIpc) is 2.88. The van der Waals surface area contributed by atoms with Gasteiger partial charge < -0.3 is 14.8 Å². The van der Waals surface area contributed by atoms with Gasteiger partial charge in [-0.3, -0.25) is 4.79 Å². The third-order valence-corrected chi connectivity index (χ3v) is 5.08. The van der Waals surface area contributed by atoms with Crippen molar-refractivity contribution in [1.82, 2.24) is 0 Å². The molecular formula is C19H23NO4S. The first kappa shape index (κ1) is 19.0. The molecule has 6 heteroatoms. The summed E-state index contributed by atoms with van der Waals surface area (Å²) in [5, 5.41) is 3.32. The molecule has 0 fully saturated rings. The Morgan fingerprint density at radius 1 is 1.16 bits per heavy atom. The van der Waals surface area contributed by atoms with Gasteiger partial charge in [-0.15, -0.1) is 11.3 Å². The normalized spacial score (nSPS) is 10.4. The topological polar surface area (TPSA) is 64.6 Å². The number of rotatable bonds is 7. The average molecular weight is 361 g/mol. The molecule has 1 heterocycles. The van der Waals surface area contributed by atoms with Crippen LogP contribution in [-0.4, -0.2) is 25.6 Å². The number of hydrogen-bond donors (Lipinski definition) is 1. The van der Waals surface area contributed by atoms with E-state index >= 15 is 0 Å². The van der Waals surface area contributed by atoms with E-state index in [1.165, 1.54) is 24.0 Å². The van der Waals surface area contributed by atoms with E-state index in [1.54, 1.807) is 0 Å². The number of thiophene rings is 1. The van der Waals surface area contributed by atoms with Crippen molar-refractivity contribution >= 4 is 28.2 Å². The number of aryl methyl sites for hydroxylation is 2. The summed E-state index contributed by atoms with van der Waals surface area (Å²) in [6.45, 7) is 6.12. The van der Waals surface area contributed by atoms with Crippen molar-refractivity contribution in [3.05, 3.63) is 45.8 Å². The van der Waals surface area contributed by atoms with Crippen molar-refractivity contribution < 1.29 is 19.1 Å². The van der Waals surface area contributed by atoms with Crippen molar-refractivity contribution in [3.8, 4) is 5.75 Å². The number of carbonyl (C=O) groups is 2. The molecular weight excluding hydrogens is 338 g/mol. The Balaban J connectivity index is 1.92. The van der Waals surface area contributed by atoms with E-state index in [4.69, 9.17) is 9.47 Å². The van der Waals surface area contributed by atoms with E-state index in [0.29, 0.717) is 10.6 Å². The number of carbonyl (C=O) groups excluding carboxylic acids is 2. The lowest BCUT2D eigenvalue weighted by Crippen LogP contribution is -2.16. The highest BCUT2D eigenvalue weighted by molar-refractivity contribution is 7.16. The van der Waals surface area contributed by atoms with Gasteiger partial charge in [0.05, 0.1) is 25.7 Å². The van der Waals surface area contributed by atoms with Crippen LogP contribution in [0.1, 0.15) is 39.7 Å². The molecule has 2 rings (SSSR count). The summed E-state index contributed by atoms with van der Waals surface area (Å²) >= 11 is 1.37. The predicted octanol–water partition coefficient (Wildman–Crippen LogP) is 4.12. The van der Waals surface area contributed by atoms with Gasteiger partial charge in [0.15, 0.2) is 0 Å². The van der Waals surface area contributed by atoms with Gasteiger partial charge in [-0.05, 0) is 43.5 Å². The van der Waals surface area contributed by atoms with Crippen LogP contribution < -0.4 is 10.1 Å². The number of ether oxygens (including phenoxy) is 2. The van der Waals surface area contributed by atoms with Crippen molar-refractivity contribution in [2.75, 3.05) is 19.0 Å². The smallest absolute Gasteiger partial charge is 0.341 e.